The van der Waals surface area contributed by atoms with Crippen molar-refractivity contribution in [3.05, 3.63) is 53.2 Å². The van der Waals surface area contributed by atoms with E-state index in [0.29, 0.717) is 47.4 Å². The van der Waals surface area contributed by atoms with E-state index in [9.17, 15) is 9.65 Å². The molecule has 1 atom stereocenters. The summed E-state index contributed by atoms with van der Waals surface area (Å²) >= 11 is 0. The molecule has 0 aliphatic carbocycles. The summed E-state index contributed by atoms with van der Waals surface area (Å²) in [6.07, 6.45) is 1.60. The van der Waals surface area contributed by atoms with Crippen molar-refractivity contribution in [2.75, 3.05) is 18.5 Å². The van der Waals surface area contributed by atoms with Crippen molar-refractivity contribution in [1.82, 2.24) is 24.4 Å². The largest absolute Gasteiger partial charge is 0.493 e. The van der Waals surface area contributed by atoms with Crippen molar-refractivity contribution in [3.63, 3.8) is 0 Å². The lowest BCUT2D eigenvalue weighted by Gasteiger charge is -2.16. The molecule has 2 aliphatic heterocycles. The van der Waals surface area contributed by atoms with Crippen LogP contribution in [-0.2, 0) is 19.0 Å². The molecule has 172 valence electrons. The smallest absolute Gasteiger partial charge is 0.171 e. The van der Waals surface area contributed by atoms with Gasteiger partial charge < -0.3 is 14.8 Å². The number of fused-ring (bicyclic) bond motifs is 3. The maximum atomic E-state index is 14.8. The molecular formula is C24H22FN7O2. The summed E-state index contributed by atoms with van der Waals surface area (Å²) in [4.78, 5) is 0. The first-order valence-electron chi connectivity index (χ1n) is 11.0. The highest BCUT2D eigenvalue weighted by atomic mass is 19.1. The zero-order chi connectivity index (χ0) is 23.6. The predicted octanol–water partition coefficient (Wildman–Crippen LogP) is 3.55. The van der Waals surface area contributed by atoms with Gasteiger partial charge in [-0.05, 0) is 38.1 Å². The van der Waals surface area contributed by atoms with Gasteiger partial charge in [-0.15, -0.1) is 10.2 Å². The SMILES string of the molecule is Cn1nc(C(C)(C)C#N)cc1-c1cc2c(n3cnnc13)NCc1c(F)ccc3c1C(CO3)CO2. The number of aromatic nitrogens is 5. The summed E-state index contributed by atoms with van der Waals surface area (Å²) in [6, 6.07) is 9.21. The summed E-state index contributed by atoms with van der Waals surface area (Å²) in [5.74, 6) is 1.58. The van der Waals surface area contributed by atoms with Crippen LogP contribution >= 0.6 is 0 Å². The monoisotopic (exact) mass is 459 g/mol. The van der Waals surface area contributed by atoms with Crippen molar-refractivity contribution in [1.29, 1.82) is 5.26 Å². The van der Waals surface area contributed by atoms with Gasteiger partial charge in [0.1, 0.15) is 17.9 Å². The molecule has 34 heavy (non-hydrogen) atoms. The van der Waals surface area contributed by atoms with Crippen LogP contribution in [0.15, 0.2) is 30.6 Å². The molecule has 3 aromatic heterocycles. The van der Waals surface area contributed by atoms with Gasteiger partial charge in [0.15, 0.2) is 17.2 Å². The molecule has 0 spiro atoms. The molecule has 6 rings (SSSR count). The minimum absolute atomic E-state index is 0.0757. The Morgan fingerprint density at radius 2 is 2.00 bits per heavy atom. The van der Waals surface area contributed by atoms with Crippen LogP contribution in [0, 0.1) is 17.1 Å². The molecule has 9 nitrogen and oxygen atoms in total. The molecule has 0 bridgehead atoms. The van der Waals surface area contributed by atoms with Crippen LogP contribution < -0.4 is 14.8 Å². The van der Waals surface area contributed by atoms with E-state index in [1.165, 1.54) is 6.07 Å². The number of aryl methyl sites for hydroxylation is 1. The van der Waals surface area contributed by atoms with Crippen LogP contribution in [-0.4, -0.2) is 37.6 Å². The fraction of sp³-hybridized carbons (Fsp3) is 0.333. The highest BCUT2D eigenvalue weighted by Crippen LogP contribution is 2.42. The number of ether oxygens (including phenoxy) is 2. The third-order valence-electron chi connectivity index (χ3n) is 6.59. The summed E-state index contributed by atoms with van der Waals surface area (Å²) in [7, 11) is 1.83. The Labute approximate surface area is 194 Å². The maximum Gasteiger partial charge on any atom is 0.171 e. The van der Waals surface area contributed by atoms with E-state index in [1.807, 2.05) is 33.0 Å². The number of benzene rings is 1. The summed E-state index contributed by atoms with van der Waals surface area (Å²) in [5.41, 5.74) is 3.50. The lowest BCUT2D eigenvalue weighted by molar-refractivity contribution is 0.249. The zero-order valence-electron chi connectivity index (χ0n) is 19.0. The fourth-order valence-electron chi connectivity index (χ4n) is 4.66. The first-order valence-corrected chi connectivity index (χ1v) is 11.0. The van der Waals surface area contributed by atoms with E-state index in [-0.39, 0.29) is 18.3 Å². The Kier molecular flexibility index (Phi) is 4.33. The van der Waals surface area contributed by atoms with E-state index in [4.69, 9.17) is 9.47 Å². The van der Waals surface area contributed by atoms with Crippen molar-refractivity contribution in [3.8, 4) is 28.8 Å². The van der Waals surface area contributed by atoms with Crippen molar-refractivity contribution in [2.45, 2.75) is 31.7 Å². The van der Waals surface area contributed by atoms with Gasteiger partial charge in [-0.2, -0.15) is 10.4 Å². The third-order valence-corrected chi connectivity index (χ3v) is 6.59. The summed E-state index contributed by atoms with van der Waals surface area (Å²) < 4.78 is 30.4. The zero-order valence-corrected chi connectivity index (χ0v) is 19.0. The number of nitriles is 1. The van der Waals surface area contributed by atoms with Crippen LogP contribution in [0.3, 0.4) is 0 Å². The number of anilines is 1. The van der Waals surface area contributed by atoms with Crippen molar-refractivity contribution < 1.29 is 13.9 Å². The van der Waals surface area contributed by atoms with E-state index in [2.05, 4.69) is 26.7 Å². The van der Waals surface area contributed by atoms with Crippen LogP contribution in [0.25, 0.3) is 16.9 Å². The third kappa shape index (κ3) is 2.93. The van der Waals surface area contributed by atoms with Gasteiger partial charge in [-0.1, -0.05) is 0 Å². The standard InChI is InChI=1S/C24H22FN7O2/c1-24(2,11-26)20-7-17(31(3)30-20)14-6-19-23(32-12-28-29-22(14)32)27-8-15-16(25)4-5-18-21(15)13(9-33-18)10-34-19/h4-7,12-13,27H,8-10H2,1-3H3. The first-order chi connectivity index (χ1) is 16.4. The predicted molar refractivity (Wildman–Crippen MR) is 121 cm³/mol. The highest BCUT2D eigenvalue weighted by molar-refractivity contribution is 5.80. The van der Waals surface area contributed by atoms with Crippen molar-refractivity contribution in [2.24, 2.45) is 7.05 Å². The molecule has 0 saturated carbocycles. The lowest BCUT2D eigenvalue weighted by atomic mass is 9.91. The molecule has 2 aliphatic rings. The lowest BCUT2D eigenvalue weighted by Crippen LogP contribution is -2.14. The minimum Gasteiger partial charge on any atom is -0.493 e. The van der Waals surface area contributed by atoms with Gasteiger partial charge in [-0.3, -0.25) is 9.08 Å². The average Bonchev–Trinajstić information content (AvgIpc) is 3.55. The normalized spacial score (nSPS) is 16.9. The van der Waals surface area contributed by atoms with Crippen LogP contribution in [0.5, 0.6) is 11.5 Å². The molecule has 0 radical (unpaired) electrons. The second kappa shape index (κ2) is 7.18. The molecule has 5 heterocycles. The summed E-state index contributed by atoms with van der Waals surface area (Å²) in [5, 5.41) is 25.9. The van der Waals surface area contributed by atoms with Gasteiger partial charge in [-0.25, -0.2) is 4.39 Å². The molecular weight excluding hydrogens is 437 g/mol. The number of hydrogen-bond donors (Lipinski definition) is 1. The van der Waals surface area contributed by atoms with Crippen LogP contribution in [0.2, 0.25) is 0 Å². The van der Waals surface area contributed by atoms with Crippen LogP contribution in [0.4, 0.5) is 10.2 Å². The highest BCUT2D eigenvalue weighted by Gasteiger charge is 2.32. The molecule has 1 N–H and O–H groups in total. The molecule has 0 saturated heterocycles. The van der Waals surface area contributed by atoms with E-state index in [0.717, 1.165) is 16.8 Å². The molecule has 0 amide bonds. The van der Waals surface area contributed by atoms with Gasteiger partial charge in [0.05, 0.1) is 42.0 Å². The number of nitrogens with one attached hydrogen (secondary N) is 1. The number of halogens is 1. The molecule has 1 aromatic carbocycles. The molecule has 10 heteroatoms. The Balaban J connectivity index is 1.50. The number of hydrogen-bond acceptors (Lipinski definition) is 7. The molecule has 1 unspecified atom stereocenters. The van der Waals surface area contributed by atoms with E-state index < -0.39 is 5.41 Å². The number of rotatable bonds is 2. The molecule has 4 aromatic rings. The van der Waals surface area contributed by atoms with Gasteiger partial charge >= 0.3 is 0 Å². The topological polar surface area (TPSA) is 102 Å². The summed E-state index contributed by atoms with van der Waals surface area (Å²) in [6.45, 7) is 4.71. The quantitative estimate of drug-likeness (QED) is 0.489. The fourth-order valence-corrected chi connectivity index (χ4v) is 4.66. The maximum absolute atomic E-state index is 14.8. The van der Waals surface area contributed by atoms with Gasteiger partial charge in [0.2, 0.25) is 0 Å². The van der Waals surface area contributed by atoms with Gasteiger partial charge in [0, 0.05) is 30.3 Å². The van der Waals surface area contributed by atoms with E-state index >= 15 is 0 Å². The van der Waals surface area contributed by atoms with Crippen molar-refractivity contribution >= 4 is 11.5 Å². The Morgan fingerprint density at radius 1 is 1.21 bits per heavy atom. The Bertz CT molecular complexity index is 1500. The Hall–Kier alpha value is -4.13. The number of pyridine rings is 1. The number of nitrogens with zero attached hydrogens (tertiary/aromatic N) is 6. The first kappa shape index (κ1) is 20.5. The minimum atomic E-state index is -0.740. The Morgan fingerprint density at radius 3 is 2.79 bits per heavy atom. The average molecular weight is 459 g/mol. The van der Waals surface area contributed by atoms with E-state index in [1.54, 1.807) is 21.5 Å². The van der Waals surface area contributed by atoms with Gasteiger partial charge in [0.25, 0.3) is 0 Å². The molecule has 0 fully saturated rings. The second-order valence-corrected chi connectivity index (χ2v) is 9.18. The second-order valence-electron chi connectivity index (χ2n) is 9.18. The van der Waals surface area contributed by atoms with Crippen LogP contribution in [0.1, 0.15) is 36.6 Å².